The van der Waals surface area contributed by atoms with Crippen LogP contribution in [0.4, 0.5) is 0 Å². The highest BCUT2D eigenvalue weighted by Crippen LogP contribution is 2.31. The van der Waals surface area contributed by atoms with Gasteiger partial charge in [0.15, 0.2) is 0 Å². The fourth-order valence-corrected chi connectivity index (χ4v) is 3.21. The van der Waals surface area contributed by atoms with Gasteiger partial charge in [0.25, 0.3) is 5.91 Å². The number of rotatable bonds is 5. The van der Waals surface area contributed by atoms with Crippen molar-refractivity contribution in [3.63, 3.8) is 0 Å². The van der Waals surface area contributed by atoms with E-state index in [0.29, 0.717) is 23.6 Å². The van der Waals surface area contributed by atoms with Crippen LogP contribution in [0.5, 0.6) is 5.75 Å². The van der Waals surface area contributed by atoms with Crippen LogP contribution < -0.4 is 5.32 Å². The first kappa shape index (κ1) is 15.6. The van der Waals surface area contributed by atoms with E-state index >= 15 is 0 Å². The number of amides is 1. The predicted octanol–water partition coefficient (Wildman–Crippen LogP) is 2.47. The van der Waals surface area contributed by atoms with E-state index < -0.39 is 0 Å². The maximum Gasteiger partial charge on any atom is 0.269 e. The number of benzene rings is 1. The molecule has 1 amide bonds. The van der Waals surface area contributed by atoms with Crippen LogP contribution in [0.1, 0.15) is 36.2 Å². The van der Waals surface area contributed by atoms with Gasteiger partial charge in [-0.15, -0.1) is 0 Å². The fraction of sp³-hybridized carbons (Fsp3) is 0.412. The summed E-state index contributed by atoms with van der Waals surface area (Å²) in [5, 5.41) is 19.9. The van der Waals surface area contributed by atoms with Gasteiger partial charge in [-0.2, -0.15) is 5.10 Å². The molecule has 1 heterocycles. The zero-order chi connectivity index (χ0) is 16.3. The molecule has 1 fully saturated rings. The number of phenolic OH excluding ortho intramolecular Hbond substituents is 1. The number of aromatic nitrogens is 2. The number of ether oxygens (including phenoxy) is 1. The molecular weight excluding hydrogens is 294 g/mol. The van der Waals surface area contributed by atoms with Gasteiger partial charge < -0.3 is 15.2 Å². The highest BCUT2D eigenvalue weighted by Gasteiger charge is 2.35. The maximum atomic E-state index is 12.5. The average Bonchev–Trinajstić information content (AvgIpc) is 3.18. The summed E-state index contributed by atoms with van der Waals surface area (Å²) in [5.74, 6) is -0.0595. The van der Waals surface area contributed by atoms with Crippen molar-refractivity contribution in [1.29, 1.82) is 0 Å². The SMILES string of the molecule is COCC1(NC(=O)c2cc(-c3ccccc3O)n[nH]2)CCCC1. The molecule has 0 spiro atoms. The van der Waals surface area contributed by atoms with Gasteiger partial charge >= 0.3 is 0 Å². The lowest BCUT2D eigenvalue weighted by Crippen LogP contribution is -2.49. The van der Waals surface area contributed by atoms with Crippen LogP contribution in [0.15, 0.2) is 30.3 Å². The maximum absolute atomic E-state index is 12.5. The summed E-state index contributed by atoms with van der Waals surface area (Å²) in [6.07, 6.45) is 4.03. The van der Waals surface area contributed by atoms with Crippen molar-refractivity contribution in [2.24, 2.45) is 0 Å². The lowest BCUT2D eigenvalue weighted by atomic mass is 9.98. The Bertz CT molecular complexity index is 690. The average molecular weight is 315 g/mol. The van der Waals surface area contributed by atoms with Crippen molar-refractivity contribution >= 4 is 5.91 Å². The van der Waals surface area contributed by atoms with Crippen molar-refractivity contribution in [1.82, 2.24) is 15.5 Å². The largest absolute Gasteiger partial charge is 0.507 e. The molecule has 0 aliphatic heterocycles. The molecule has 3 N–H and O–H groups in total. The second-order valence-corrected chi connectivity index (χ2v) is 6.06. The molecule has 3 rings (SSSR count). The highest BCUT2D eigenvalue weighted by atomic mass is 16.5. The topological polar surface area (TPSA) is 87.2 Å². The first-order valence-electron chi connectivity index (χ1n) is 7.79. The van der Waals surface area contributed by atoms with Crippen molar-refractivity contribution in [3.8, 4) is 17.0 Å². The molecule has 0 saturated heterocycles. The number of nitrogens with zero attached hydrogens (tertiary/aromatic N) is 1. The summed E-state index contributed by atoms with van der Waals surface area (Å²) in [5.41, 5.74) is 1.23. The van der Waals surface area contributed by atoms with Crippen LogP contribution in [0, 0.1) is 0 Å². The Balaban J connectivity index is 1.77. The first-order valence-corrected chi connectivity index (χ1v) is 7.79. The van der Waals surface area contributed by atoms with Crippen LogP contribution in [-0.2, 0) is 4.74 Å². The van der Waals surface area contributed by atoms with Crippen molar-refractivity contribution in [2.75, 3.05) is 13.7 Å². The minimum atomic E-state index is -0.286. The Hall–Kier alpha value is -2.34. The van der Waals surface area contributed by atoms with Crippen LogP contribution in [0.25, 0.3) is 11.3 Å². The number of carbonyl (C=O) groups excluding carboxylic acids is 1. The third-order valence-electron chi connectivity index (χ3n) is 4.36. The molecule has 1 aromatic heterocycles. The van der Waals surface area contributed by atoms with Crippen molar-refractivity contribution in [3.05, 3.63) is 36.0 Å². The van der Waals surface area contributed by atoms with Gasteiger partial charge in [0.2, 0.25) is 0 Å². The predicted molar refractivity (Wildman–Crippen MR) is 86.2 cm³/mol. The molecule has 0 bridgehead atoms. The lowest BCUT2D eigenvalue weighted by molar-refractivity contribution is 0.0762. The van der Waals surface area contributed by atoms with E-state index in [2.05, 4.69) is 15.5 Å². The molecule has 0 radical (unpaired) electrons. The molecular formula is C17H21N3O3. The number of nitrogens with one attached hydrogen (secondary N) is 2. The zero-order valence-corrected chi connectivity index (χ0v) is 13.1. The second-order valence-electron chi connectivity index (χ2n) is 6.06. The minimum Gasteiger partial charge on any atom is -0.507 e. The Kier molecular flexibility index (Phi) is 4.34. The number of hydrogen-bond acceptors (Lipinski definition) is 4. The highest BCUT2D eigenvalue weighted by molar-refractivity contribution is 5.94. The normalized spacial score (nSPS) is 16.4. The Labute approximate surface area is 134 Å². The van der Waals surface area contributed by atoms with Crippen LogP contribution in [-0.4, -0.2) is 40.5 Å². The number of phenols is 1. The molecule has 6 heteroatoms. The molecule has 1 saturated carbocycles. The number of para-hydroxylation sites is 1. The van der Waals surface area contributed by atoms with E-state index in [1.807, 2.05) is 6.07 Å². The number of methoxy groups -OCH3 is 1. The Morgan fingerprint density at radius 3 is 2.83 bits per heavy atom. The summed E-state index contributed by atoms with van der Waals surface area (Å²) < 4.78 is 5.28. The third-order valence-corrected chi connectivity index (χ3v) is 4.36. The molecule has 1 aliphatic rings. The van der Waals surface area contributed by atoms with Gasteiger partial charge in [0.05, 0.1) is 17.8 Å². The molecule has 0 unspecified atom stereocenters. The van der Waals surface area contributed by atoms with Gasteiger partial charge in [0, 0.05) is 12.7 Å². The van der Waals surface area contributed by atoms with Gasteiger partial charge in [-0.25, -0.2) is 0 Å². The van der Waals surface area contributed by atoms with Crippen LogP contribution >= 0.6 is 0 Å². The molecule has 0 atom stereocenters. The van der Waals surface area contributed by atoms with Crippen LogP contribution in [0.3, 0.4) is 0 Å². The number of hydrogen-bond donors (Lipinski definition) is 3. The first-order chi connectivity index (χ1) is 11.1. The third kappa shape index (κ3) is 3.22. The Morgan fingerprint density at radius 2 is 2.13 bits per heavy atom. The summed E-state index contributed by atoms with van der Waals surface area (Å²) in [4.78, 5) is 12.5. The molecule has 2 aromatic rings. The summed E-state index contributed by atoms with van der Waals surface area (Å²) in [7, 11) is 1.65. The van der Waals surface area contributed by atoms with E-state index in [9.17, 15) is 9.90 Å². The van der Waals surface area contributed by atoms with Crippen LogP contribution in [0.2, 0.25) is 0 Å². The molecule has 6 nitrogen and oxygen atoms in total. The number of H-pyrrole nitrogens is 1. The zero-order valence-electron chi connectivity index (χ0n) is 13.1. The Morgan fingerprint density at radius 1 is 1.39 bits per heavy atom. The van der Waals surface area contributed by atoms with E-state index in [-0.39, 0.29) is 17.2 Å². The second kappa shape index (κ2) is 6.42. The monoisotopic (exact) mass is 315 g/mol. The summed E-state index contributed by atoms with van der Waals surface area (Å²) in [6.45, 7) is 0.513. The summed E-state index contributed by atoms with van der Waals surface area (Å²) >= 11 is 0. The molecule has 23 heavy (non-hydrogen) atoms. The smallest absolute Gasteiger partial charge is 0.269 e. The molecule has 1 aliphatic carbocycles. The number of aromatic hydroxyl groups is 1. The van der Waals surface area contributed by atoms with E-state index in [1.165, 1.54) is 0 Å². The van der Waals surface area contributed by atoms with Gasteiger partial charge in [-0.3, -0.25) is 9.89 Å². The minimum absolute atomic E-state index is 0.137. The molecule has 1 aromatic carbocycles. The summed E-state index contributed by atoms with van der Waals surface area (Å²) in [6, 6.07) is 8.57. The van der Waals surface area contributed by atoms with Gasteiger partial charge in [-0.1, -0.05) is 25.0 Å². The van der Waals surface area contributed by atoms with Gasteiger partial charge in [-0.05, 0) is 31.0 Å². The standard InChI is InChI=1S/C17H21N3O3/c1-23-11-17(8-4-5-9-17)18-16(22)14-10-13(19-20-14)12-6-2-3-7-15(12)21/h2-3,6-7,10,21H,4-5,8-9,11H2,1H3,(H,18,22)(H,19,20). The van der Waals surface area contributed by atoms with Crippen molar-refractivity contribution < 1.29 is 14.6 Å². The lowest BCUT2D eigenvalue weighted by Gasteiger charge is -2.29. The van der Waals surface area contributed by atoms with E-state index in [0.717, 1.165) is 25.7 Å². The van der Waals surface area contributed by atoms with Crippen molar-refractivity contribution in [2.45, 2.75) is 31.2 Å². The number of carbonyl (C=O) groups is 1. The van der Waals surface area contributed by atoms with Gasteiger partial charge in [0.1, 0.15) is 11.4 Å². The fourth-order valence-electron chi connectivity index (χ4n) is 3.21. The molecule has 122 valence electrons. The van der Waals surface area contributed by atoms with E-state index in [1.54, 1.807) is 31.4 Å². The quantitative estimate of drug-likeness (QED) is 0.791. The number of aromatic amines is 1. The van der Waals surface area contributed by atoms with E-state index in [4.69, 9.17) is 4.74 Å².